The van der Waals surface area contributed by atoms with E-state index >= 15 is 0 Å². The fraction of sp³-hybridized carbons (Fsp3) is 0.194. The Balaban J connectivity index is 1.33. The molecule has 0 amide bonds. The number of anilines is 5. The van der Waals surface area contributed by atoms with E-state index in [0.29, 0.717) is 48.4 Å². The first-order chi connectivity index (χ1) is 22.6. The zero-order valence-electron chi connectivity index (χ0n) is 25.6. The zero-order valence-corrected chi connectivity index (χ0v) is 26.4. The monoisotopic (exact) mass is 630 g/mol. The Morgan fingerprint density at radius 1 is 0.804 bits per heavy atom. The van der Waals surface area contributed by atoms with Gasteiger partial charge in [-0.1, -0.05) is 78.3 Å². The topological polar surface area (TPSA) is 83.4 Å². The fourth-order valence-corrected chi connectivity index (χ4v) is 6.05. The maximum Gasteiger partial charge on any atom is 0.231 e. The second-order valence-corrected chi connectivity index (χ2v) is 11.6. The first-order valence-electron chi connectivity index (χ1n) is 15.4. The number of aromatic nitrogens is 4. The van der Waals surface area contributed by atoms with Crippen molar-refractivity contribution in [1.29, 1.82) is 0 Å². The minimum atomic E-state index is 0.454. The van der Waals surface area contributed by atoms with Gasteiger partial charge in [-0.2, -0.15) is 9.97 Å². The van der Waals surface area contributed by atoms with Gasteiger partial charge in [0.05, 0.1) is 29.6 Å². The van der Waals surface area contributed by atoms with Crippen LogP contribution in [-0.2, 0) is 17.8 Å². The first kappa shape index (κ1) is 29.6. The summed E-state index contributed by atoms with van der Waals surface area (Å²) < 4.78 is 7.53. The largest absolute Gasteiger partial charge is 0.388 e. The molecule has 46 heavy (non-hydrogen) atoms. The molecule has 0 spiro atoms. The lowest BCUT2D eigenvalue weighted by atomic mass is 10.1. The van der Waals surface area contributed by atoms with Crippen LogP contribution in [0.2, 0.25) is 5.02 Å². The van der Waals surface area contributed by atoms with E-state index in [9.17, 15) is 0 Å². The average molecular weight is 631 g/mol. The lowest BCUT2D eigenvalue weighted by Crippen LogP contribution is -2.36. The summed E-state index contributed by atoms with van der Waals surface area (Å²) in [4.78, 5) is 19.5. The van der Waals surface area contributed by atoms with E-state index in [4.69, 9.17) is 31.3 Å². The zero-order chi connectivity index (χ0) is 31.3. The van der Waals surface area contributed by atoms with Gasteiger partial charge in [0.2, 0.25) is 5.95 Å². The second-order valence-electron chi connectivity index (χ2n) is 11.2. The number of nitrogens with one attached hydrogen (secondary N) is 2. The number of hydrogen-bond acceptors (Lipinski definition) is 8. The van der Waals surface area contributed by atoms with Crippen molar-refractivity contribution in [3.8, 4) is 5.69 Å². The molecule has 0 saturated carbocycles. The maximum absolute atomic E-state index is 6.81. The van der Waals surface area contributed by atoms with Crippen molar-refractivity contribution in [2.75, 3.05) is 53.8 Å². The van der Waals surface area contributed by atoms with Gasteiger partial charge in [-0.25, -0.2) is 4.98 Å². The number of ether oxygens (including phenoxy) is 1. The van der Waals surface area contributed by atoms with Gasteiger partial charge < -0.3 is 25.2 Å². The smallest absolute Gasteiger partial charge is 0.231 e. The molecule has 0 radical (unpaired) electrons. The van der Waals surface area contributed by atoms with E-state index in [-0.39, 0.29) is 0 Å². The summed E-state index contributed by atoms with van der Waals surface area (Å²) in [6, 6.07) is 35.0. The Morgan fingerprint density at radius 2 is 1.52 bits per heavy atom. The molecule has 0 aliphatic carbocycles. The Hall–Kier alpha value is -5.12. The van der Waals surface area contributed by atoms with Crippen molar-refractivity contribution in [1.82, 2.24) is 19.5 Å². The van der Waals surface area contributed by atoms with Crippen LogP contribution in [0.15, 0.2) is 109 Å². The van der Waals surface area contributed by atoms with Crippen LogP contribution in [0.25, 0.3) is 16.9 Å². The molecule has 6 aromatic rings. The molecule has 1 aliphatic heterocycles. The summed E-state index contributed by atoms with van der Waals surface area (Å²) in [5.74, 6) is 1.19. The van der Waals surface area contributed by atoms with Crippen LogP contribution in [0.3, 0.4) is 0 Å². The molecular formula is C36H35ClN8O. The van der Waals surface area contributed by atoms with Crippen LogP contribution in [0.4, 0.5) is 28.8 Å². The number of benzene rings is 4. The predicted octanol–water partition coefficient (Wildman–Crippen LogP) is 7.30. The third-order valence-corrected chi connectivity index (χ3v) is 8.38. The molecule has 0 unspecified atom stereocenters. The van der Waals surface area contributed by atoms with Gasteiger partial charge in [-0.3, -0.25) is 4.57 Å². The van der Waals surface area contributed by atoms with Gasteiger partial charge in [0.25, 0.3) is 0 Å². The quantitative estimate of drug-likeness (QED) is 0.163. The van der Waals surface area contributed by atoms with Crippen molar-refractivity contribution in [3.63, 3.8) is 0 Å². The normalized spacial score (nSPS) is 13.1. The van der Waals surface area contributed by atoms with Crippen LogP contribution in [-0.4, -0.2) is 52.9 Å². The van der Waals surface area contributed by atoms with E-state index in [1.807, 2.05) is 66.5 Å². The lowest BCUT2D eigenvalue weighted by molar-refractivity contribution is 0.122. The fourth-order valence-electron chi connectivity index (χ4n) is 5.75. The third-order valence-electron chi connectivity index (χ3n) is 8.08. The molecule has 4 aromatic carbocycles. The number of nitrogens with zero attached hydrogens (tertiary/aromatic N) is 6. The summed E-state index contributed by atoms with van der Waals surface area (Å²) in [6.07, 6.45) is 1.82. The van der Waals surface area contributed by atoms with E-state index in [1.54, 1.807) is 0 Å². The highest BCUT2D eigenvalue weighted by Crippen LogP contribution is 2.33. The molecule has 1 fully saturated rings. The maximum atomic E-state index is 6.81. The molecule has 232 valence electrons. The highest BCUT2D eigenvalue weighted by Gasteiger charge is 2.21. The minimum Gasteiger partial charge on any atom is -0.388 e. The summed E-state index contributed by atoms with van der Waals surface area (Å²) in [7, 11) is 1.91. The minimum absolute atomic E-state index is 0.454. The Bertz CT molecular complexity index is 1880. The van der Waals surface area contributed by atoms with Crippen LogP contribution in [0, 0.1) is 0 Å². The standard InChI is InChI=1S/C36H35ClN8O/c1-38-28-13-8-14-30(21-28)45-25-39-33-34(44(23-26-9-4-2-5-10-26)24-27-11-6-3-7-12-27)41-36(42-35(33)45)40-29-15-16-32(31(37)22-29)43-17-19-46-20-18-43/h2-16,21-22,25,38H,17-20,23-24H2,1H3,(H,40,41,42). The van der Waals surface area contributed by atoms with Crippen LogP contribution in [0.5, 0.6) is 0 Å². The van der Waals surface area contributed by atoms with Gasteiger partial charge in [0.15, 0.2) is 17.0 Å². The molecule has 0 atom stereocenters. The molecule has 10 heteroatoms. The van der Waals surface area contributed by atoms with Gasteiger partial charge in [0, 0.05) is 44.6 Å². The van der Waals surface area contributed by atoms with Crippen molar-refractivity contribution < 1.29 is 4.74 Å². The molecule has 2 N–H and O–H groups in total. The van der Waals surface area contributed by atoms with E-state index in [1.165, 1.54) is 11.1 Å². The number of imidazole rings is 1. The number of morpholine rings is 1. The first-order valence-corrected chi connectivity index (χ1v) is 15.8. The van der Waals surface area contributed by atoms with Crippen LogP contribution < -0.4 is 20.4 Å². The van der Waals surface area contributed by atoms with Crippen molar-refractivity contribution >= 4 is 51.6 Å². The van der Waals surface area contributed by atoms with Crippen molar-refractivity contribution in [3.05, 3.63) is 126 Å². The SMILES string of the molecule is CNc1cccc(-n2cnc3c(N(Cc4ccccc4)Cc4ccccc4)nc(Nc4ccc(N5CCOCC5)c(Cl)c4)nc32)c1. The van der Waals surface area contributed by atoms with Crippen molar-refractivity contribution in [2.24, 2.45) is 0 Å². The van der Waals surface area contributed by atoms with Gasteiger partial charge in [0.1, 0.15) is 6.33 Å². The van der Waals surface area contributed by atoms with Gasteiger partial charge in [-0.15, -0.1) is 0 Å². The predicted molar refractivity (Wildman–Crippen MR) is 187 cm³/mol. The summed E-state index contributed by atoms with van der Waals surface area (Å²) in [6.45, 7) is 4.30. The second kappa shape index (κ2) is 13.5. The van der Waals surface area contributed by atoms with E-state index in [2.05, 4.69) is 75.0 Å². The Labute approximate surface area is 273 Å². The third kappa shape index (κ3) is 6.47. The molecule has 7 rings (SSSR count). The molecule has 1 saturated heterocycles. The average Bonchev–Trinajstić information content (AvgIpc) is 3.53. The molecule has 9 nitrogen and oxygen atoms in total. The Morgan fingerprint density at radius 3 is 2.20 bits per heavy atom. The number of halogens is 1. The van der Waals surface area contributed by atoms with Crippen LogP contribution in [0.1, 0.15) is 11.1 Å². The highest BCUT2D eigenvalue weighted by atomic mass is 35.5. The summed E-state index contributed by atoms with van der Waals surface area (Å²) >= 11 is 6.81. The van der Waals surface area contributed by atoms with Crippen molar-refractivity contribution in [2.45, 2.75) is 13.1 Å². The Kier molecular flexibility index (Phi) is 8.67. The molecular weight excluding hydrogens is 596 g/mol. The van der Waals surface area contributed by atoms with Crippen LogP contribution >= 0.6 is 11.6 Å². The summed E-state index contributed by atoms with van der Waals surface area (Å²) in [5, 5.41) is 7.34. The molecule has 1 aliphatic rings. The number of rotatable bonds is 10. The molecule has 2 aromatic heterocycles. The van der Waals surface area contributed by atoms with Gasteiger partial charge in [-0.05, 0) is 47.5 Å². The highest BCUT2D eigenvalue weighted by molar-refractivity contribution is 6.33. The lowest BCUT2D eigenvalue weighted by Gasteiger charge is -2.29. The molecule has 0 bridgehead atoms. The number of hydrogen-bond donors (Lipinski definition) is 2. The van der Waals surface area contributed by atoms with E-state index < -0.39 is 0 Å². The number of fused-ring (bicyclic) bond motifs is 1. The molecule has 3 heterocycles. The van der Waals surface area contributed by atoms with Gasteiger partial charge >= 0.3 is 0 Å². The van der Waals surface area contributed by atoms with E-state index in [0.717, 1.165) is 41.7 Å². The summed E-state index contributed by atoms with van der Waals surface area (Å²) in [5.41, 5.74) is 7.49.